The number of urea groups is 1. The van der Waals surface area contributed by atoms with Gasteiger partial charge in [0.05, 0.1) is 23.9 Å². The number of nitrogens with one attached hydrogen (secondary N) is 1. The molecule has 0 bridgehead atoms. The van der Waals surface area contributed by atoms with Crippen molar-refractivity contribution in [2.75, 3.05) is 6.61 Å². The lowest BCUT2D eigenvalue weighted by Gasteiger charge is -2.31. The number of amides is 2. The summed E-state index contributed by atoms with van der Waals surface area (Å²) in [6.45, 7) is 0.225. The zero-order chi connectivity index (χ0) is 19.8. The second-order valence-electron chi connectivity index (χ2n) is 7.73. The highest BCUT2D eigenvalue weighted by Crippen LogP contribution is 2.37. The van der Waals surface area contributed by atoms with Crippen LogP contribution in [0.25, 0.3) is 0 Å². The Hall–Kier alpha value is -2.68. The number of rotatable bonds is 5. The molecule has 0 radical (unpaired) electrons. The first kappa shape index (κ1) is 18.4. The number of carbonyl (C=O) groups excluding carboxylic acids is 2. The molecule has 1 aliphatic carbocycles. The van der Waals surface area contributed by atoms with Crippen LogP contribution in [0.1, 0.15) is 54.7 Å². The molecule has 0 saturated heterocycles. The number of aromatic nitrogens is 2. The highest BCUT2D eigenvalue weighted by Gasteiger charge is 2.42. The predicted octanol–water partition coefficient (Wildman–Crippen LogP) is 3.33. The minimum Gasteiger partial charge on any atom is -0.456 e. The van der Waals surface area contributed by atoms with Crippen molar-refractivity contribution < 1.29 is 18.8 Å². The van der Waals surface area contributed by atoms with Gasteiger partial charge in [0.15, 0.2) is 5.82 Å². The van der Waals surface area contributed by atoms with Gasteiger partial charge in [-0.25, -0.2) is 9.59 Å². The van der Waals surface area contributed by atoms with Crippen molar-refractivity contribution in [2.24, 2.45) is 5.92 Å². The van der Waals surface area contributed by atoms with Crippen molar-refractivity contribution in [3.05, 3.63) is 45.4 Å². The highest BCUT2D eigenvalue weighted by atomic mass is 32.1. The van der Waals surface area contributed by atoms with Crippen LogP contribution in [0.3, 0.4) is 0 Å². The summed E-state index contributed by atoms with van der Waals surface area (Å²) >= 11 is 1.49. The molecule has 4 heterocycles. The van der Waals surface area contributed by atoms with Gasteiger partial charge in [-0.1, -0.05) is 30.5 Å². The number of carbonyl (C=O) groups is 2. The van der Waals surface area contributed by atoms with Crippen LogP contribution in [-0.2, 0) is 22.5 Å². The van der Waals surface area contributed by atoms with Gasteiger partial charge in [0.1, 0.15) is 6.61 Å². The fraction of sp³-hybridized carbons (Fsp3) is 0.500. The van der Waals surface area contributed by atoms with Crippen LogP contribution in [-0.4, -0.2) is 33.6 Å². The Labute approximate surface area is 171 Å². The van der Waals surface area contributed by atoms with Crippen LogP contribution in [0.2, 0.25) is 0 Å². The quantitative estimate of drug-likeness (QED) is 0.754. The second kappa shape index (κ2) is 7.62. The van der Waals surface area contributed by atoms with Crippen LogP contribution in [0.15, 0.2) is 33.3 Å². The van der Waals surface area contributed by atoms with Crippen molar-refractivity contribution in [1.29, 1.82) is 0 Å². The standard InChI is InChI=1S/C20H22N4O4S/c25-19-17-13(11-27-19)24(20(26)22-18(17)14-7-4-8-29-14)10-15-21-16(28-23-15)9-12-5-2-1-3-6-12/h4,7-8,12,18H,1-3,5-6,9-11H2,(H,22,26)/t18-/m0/s1. The van der Waals surface area contributed by atoms with Crippen molar-refractivity contribution in [3.63, 3.8) is 0 Å². The van der Waals surface area contributed by atoms with Gasteiger partial charge in [0.2, 0.25) is 5.89 Å². The molecular formula is C20H22N4O4S. The zero-order valence-electron chi connectivity index (χ0n) is 15.9. The van der Waals surface area contributed by atoms with Gasteiger partial charge in [-0.15, -0.1) is 11.3 Å². The molecule has 1 N–H and O–H groups in total. The van der Waals surface area contributed by atoms with Crippen LogP contribution in [0.4, 0.5) is 4.79 Å². The first-order chi connectivity index (χ1) is 14.2. The van der Waals surface area contributed by atoms with E-state index in [2.05, 4.69) is 15.5 Å². The summed E-state index contributed by atoms with van der Waals surface area (Å²) in [6.07, 6.45) is 7.01. The maximum Gasteiger partial charge on any atom is 0.338 e. The molecule has 29 heavy (non-hydrogen) atoms. The number of ether oxygens (including phenoxy) is 1. The molecule has 8 nitrogen and oxygen atoms in total. The molecule has 2 amide bonds. The fourth-order valence-electron chi connectivity index (χ4n) is 4.36. The van der Waals surface area contributed by atoms with E-state index in [1.165, 1.54) is 48.3 Å². The normalized spacial score (nSPS) is 22.6. The lowest BCUT2D eigenvalue weighted by molar-refractivity contribution is -0.136. The van der Waals surface area contributed by atoms with Gasteiger partial charge in [0.25, 0.3) is 0 Å². The summed E-state index contributed by atoms with van der Waals surface area (Å²) < 4.78 is 10.7. The molecule has 9 heteroatoms. The molecule has 1 fully saturated rings. The summed E-state index contributed by atoms with van der Waals surface area (Å²) in [5.41, 5.74) is 1.06. The third-order valence-electron chi connectivity index (χ3n) is 5.82. The third kappa shape index (κ3) is 3.55. The van der Waals surface area contributed by atoms with E-state index in [4.69, 9.17) is 9.26 Å². The van der Waals surface area contributed by atoms with Crippen LogP contribution in [0.5, 0.6) is 0 Å². The third-order valence-corrected chi connectivity index (χ3v) is 6.76. The van der Waals surface area contributed by atoms with Gasteiger partial charge in [-0.2, -0.15) is 4.98 Å². The fourth-order valence-corrected chi connectivity index (χ4v) is 5.15. The van der Waals surface area contributed by atoms with Gasteiger partial charge in [-0.3, -0.25) is 4.90 Å². The maximum atomic E-state index is 12.8. The van der Waals surface area contributed by atoms with E-state index < -0.39 is 12.0 Å². The Balaban J connectivity index is 1.35. The Morgan fingerprint density at radius 2 is 2.10 bits per heavy atom. The van der Waals surface area contributed by atoms with Crippen LogP contribution < -0.4 is 5.32 Å². The summed E-state index contributed by atoms with van der Waals surface area (Å²) in [7, 11) is 0. The highest BCUT2D eigenvalue weighted by molar-refractivity contribution is 7.10. The number of nitrogens with zero attached hydrogens (tertiary/aromatic N) is 3. The van der Waals surface area contributed by atoms with E-state index in [-0.39, 0.29) is 19.2 Å². The molecule has 2 aromatic heterocycles. The Morgan fingerprint density at radius 3 is 2.90 bits per heavy atom. The molecule has 2 aliphatic heterocycles. The minimum atomic E-state index is -0.476. The molecule has 152 valence electrons. The lowest BCUT2D eigenvalue weighted by atomic mass is 9.87. The van der Waals surface area contributed by atoms with E-state index in [1.54, 1.807) is 0 Å². The lowest BCUT2D eigenvalue weighted by Crippen LogP contribution is -2.46. The first-order valence-electron chi connectivity index (χ1n) is 10.0. The van der Waals surface area contributed by atoms with Crippen molar-refractivity contribution in [3.8, 4) is 0 Å². The van der Waals surface area contributed by atoms with Gasteiger partial charge >= 0.3 is 12.0 Å². The summed E-state index contributed by atoms with van der Waals surface area (Å²) in [5.74, 6) is 1.26. The smallest absolute Gasteiger partial charge is 0.338 e. The average molecular weight is 414 g/mol. The van der Waals surface area contributed by atoms with Gasteiger partial charge < -0.3 is 14.6 Å². The van der Waals surface area contributed by atoms with Crippen molar-refractivity contribution in [2.45, 2.75) is 51.1 Å². The molecule has 2 aromatic rings. The molecule has 0 aromatic carbocycles. The van der Waals surface area contributed by atoms with Crippen LogP contribution in [0, 0.1) is 5.92 Å². The molecule has 1 atom stereocenters. The van der Waals surface area contributed by atoms with Gasteiger partial charge in [-0.05, 0) is 30.2 Å². The first-order valence-corrected chi connectivity index (χ1v) is 10.9. The zero-order valence-corrected chi connectivity index (χ0v) is 16.7. The van der Waals surface area contributed by atoms with E-state index in [0.29, 0.717) is 28.9 Å². The topological polar surface area (TPSA) is 97.6 Å². The minimum absolute atomic E-state index is 0.0796. The molecule has 1 saturated carbocycles. The second-order valence-corrected chi connectivity index (χ2v) is 8.71. The number of cyclic esters (lactones) is 1. The largest absolute Gasteiger partial charge is 0.456 e. The summed E-state index contributed by atoms with van der Waals surface area (Å²) in [5, 5.41) is 8.89. The molecule has 5 rings (SSSR count). The summed E-state index contributed by atoms with van der Waals surface area (Å²) in [4.78, 5) is 32.0. The Bertz CT molecular complexity index is 946. The van der Waals surface area contributed by atoms with Crippen molar-refractivity contribution >= 4 is 23.3 Å². The molecule has 0 spiro atoms. The predicted molar refractivity (Wildman–Crippen MR) is 104 cm³/mol. The number of thiophene rings is 1. The van der Waals surface area contributed by atoms with E-state index in [0.717, 1.165) is 11.3 Å². The summed E-state index contributed by atoms with van der Waals surface area (Å²) in [6, 6.07) is 3.03. The van der Waals surface area contributed by atoms with Crippen LogP contribution >= 0.6 is 11.3 Å². The monoisotopic (exact) mass is 414 g/mol. The SMILES string of the molecule is O=C1OCC2=C1[C@H](c1cccs1)NC(=O)N2Cc1noc(CC2CCCCC2)n1. The Morgan fingerprint density at radius 1 is 1.24 bits per heavy atom. The molecule has 3 aliphatic rings. The molecular weight excluding hydrogens is 392 g/mol. The van der Waals surface area contributed by atoms with E-state index in [9.17, 15) is 9.59 Å². The Kier molecular flexibility index (Phi) is 4.83. The van der Waals surface area contributed by atoms with E-state index >= 15 is 0 Å². The average Bonchev–Trinajstić information content (AvgIpc) is 3.47. The number of esters is 1. The number of hydrogen-bond acceptors (Lipinski definition) is 7. The van der Waals surface area contributed by atoms with Gasteiger partial charge in [0, 0.05) is 11.3 Å². The maximum absolute atomic E-state index is 12.8. The van der Waals surface area contributed by atoms with E-state index in [1.807, 2.05) is 17.5 Å². The molecule has 0 unspecified atom stereocenters. The van der Waals surface area contributed by atoms with Crippen molar-refractivity contribution in [1.82, 2.24) is 20.4 Å². The number of hydrogen-bond donors (Lipinski definition) is 1.